The van der Waals surface area contributed by atoms with Crippen molar-refractivity contribution in [1.82, 2.24) is 0 Å². The number of hydrogen-bond acceptors (Lipinski definition) is 4. The van der Waals surface area contributed by atoms with Crippen molar-refractivity contribution in [2.75, 3.05) is 6.61 Å². The summed E-state index contributed by atoms with van der Waals surface area (Å²) in [6.07, 6.45) is -0.801. The monoisotopic (exact) mass is 233 g/mol. The van der Waals surface area contributed by atoms with Crippen LogP contribution in [0, 0.1) is 10.1 Å². The molecule has 5 nitrogen and oxygen atoms in total. The maximum absolute atomic E-state index is 13.2. The number of aliphatic hydroxyl groups is 1. The van der Waals surface area contributed by atoms with Crippen LogP contribution in [0.15, 0.2) is 18.2 Å². The van der Waals surface area contributed by atoms with Crippen LogP contribution in [-0.4, -0.2) is 21.7 Å². The van der Waals surface area contributed by atoms with Gasteiger partial charge in [0.25, 0.3) is 5.92 Å². The molecule has 16 heavy (non-hydrogen) atoms. The first-order valence-electron chi connectivity index (χ1n) is 4.35. The van der Waals surface area contributed by atoms with E-state index in [4.69, 9.17) is 10.2 Å². The number of hydrogen-bond donors (Lipinski definition) is 2. The van der Waals surface area contributed by atoms with Crippen molar-refractivity contribution in [1.29, 1.82) is 0 Å². The number of aliphatic hydroxyl groups excluding tert-OH is 1. The average molecular weight is 233 g/mol. The van der Waals surface area contributed by atoms with Crippen LogP contribution in [0.3, 0.4) is 0 Å². The van der Waals surface area contributed by atoms with Crippen molar-refractivity contribution >= 4 is 5.69 Å². The molecule has 0 aliphatic rings. The van der Waals surface area contributed by atoms with E-state index in [9.17, 15) is 18.9 Å². The number of phenols is 1. The summed E-state index contributed by atoms with van der Waals surface area (Å²) in [5, 5.41) is 27.9. The lowest BCUT2D eigenvalue weighted by Crippen LogP contribution is -2.15. The number of nitro benzene ring substituents is 1. The van der Waals surface area contributed by atoms with E-state index in [1.807, 2.05) is 0 Å². The first-order chi connectivity index (χ1) is 7.38. The third-order valence-corrected chi connectivity index (χ3v) is 2.02. The lowest BCUT2D eigenvalue weighted by molar-refractivity contribution is -0.385. The van der Waals surface area contributed by atoms with Crippen molar-refractivity contribution in [3.8, 4) is 5.75 Å². The van der Waals surface area contributed by atoms with Crippen molar-refractivity contribution in [3.63, 3.8) is 0 Å². The van der Waals surface area contributed by atoms with Crippen LogP contribution in [0.2, 0.25) is 0 Å². The van der Waals surface area contributed by atoms with Gasteiger partial charge in [0, 0.05) is 24.7 Å². The summed E-state index contributed by atoms with van der Waals surface area (Å²) < 4.78 is 26.5. The van der Waals surface area contributed by atoms with Gasteiger partial charge in [-0.2, -0.15) is 0 Å². The van der Waals surface area contributed by atoms with Gasteiger partial charge in [-0.15, -0.1) is 0 Å². The van der Waals surface area contributed by atoms with Crippen LogP contribution in [0.5, 0.6) is 5.75 Å². The van der Waals surface area contributed by atoms with Gasteiger partial charge < -0.3 is 10.2 Å². The fourth-order valence-electron chi connectivity index (χ4n) is 1.19. The Hall–Kier alpha value is -1.76. The summed E-state index contributed by atoms with van der Waals surface area (Å²) in [6.45, 7) is -0.718. The highest BCUT2D eigenvalue weighted by molar-refractivity contribution is 5.48. The zero-order valence-corrected chi connectivity index (χ0v) is 8.06. The predicted octanol–water partition coefficient (Wildman–Crippen LogP) is 1.77. The Kier molecular flexibility index (Phi) is 3.38. The number of rotatable bonds is 4. The smallest absolute Gasteiger partial charge is 0.310 e. The van der Waals surface area contributed by atoms with Crippen LogP contribution in [0.4, 0.5) is 14.5 Å². The normalized spacial score (nSPS) is 11.4. The van der Waals surface area contributed by atoms with E-state index in [1.165, 1.54) is 0 Å². The molecule has 7 heteroatoms. The van der Waals surface area contributed by atoms with Gasteiger partial charge in [-0.3, -0.25) is 10.1 Å². The van der Waals surface area contributed by atoms with Crippen molar-refractivity contribution in [2.24, 2.45) is 0 Å². The molecule has 1 aromatic rings. The number of phenolic OH excluding ortho intramolecular Hbond substituents is 1. The summed E-state index contributed by atoms with van der Waals surface area (Å²) in [6, 6.07) is 2.29. The second kappa shape index (κ2) is 4.40. The number of benzene rings is 1. The zero-order valence-electron chi connectivity index (χ0n) is 8.06. The molecule has 0 saturated carbocycles. The molecule has 0 heterocycles. The van der Waals surface area contributed by atoms with Crippen molar-refractivity contribution in [2.45, 2.75) is 12.3 Å². The van der Waals surface area contributed by atoms with Crippen LogP contribution < -0.4 is 0 Å². The molecule has 0 bridgehead atoms. The molecule has 0 aromatic heterocycles. The Labute approximate surface area is 89.1 Å². The fraction of sp³-hybridized carbons (Fsp3) is 0.333. The summed E-state index contributed by atoms with van der Waals surface area (Å²) >= 11 is 0. The van der Waals surface area contributed by atoms with Gasteiger partial charge in [-0.05, 0) is 12.1 Å². The maximum Gasteiger partial charge on any atom is 0.310 e. The average Bonchev–Trinajstić information content (AvgIpc) is 2.16. The molecule has 0 saturated heterocycles. The highest BCUT2D eigenvalue weighted by Crippen LogP contribution is 2.36. The van der Waals surface area contributed by atoms with Gasteiger partial charge in [0.2, 0.25) is 0 Å². The minimum absolute atomic E-state index is 0.565. The molecule has 0 fully saturated rings. The second-order valence-corrected chi connectivity index (χ2v) is 3.14. The van der Waals surface area contributed by atoms with E-state index in [2.05, 4.69) is 0 Å². The van der Waals surface area contributed by atoms with Crippen molar-refractivity contribution in [3.05, 3.63) is 33.9 Å². The summed E-state index contributed by atoms with van der Waals surface area (Å²) in [4.78, 5) is 9.45. The molecule has 0 spiro atoms. The SMILES string of the molecule is O=[N+]([O-])c1ccc(C(F)(F)CCO)cc1O. The third kappa shape index (κ3) is 2.43. The highest BCUT2D eigenvalue weighted by atomic mass is 19.3. The number of alkyl halides is 2. The standard InChI is InChI=1S/C9H9F2NO4/c10-9(11,3-4-13)6-1-2-7(12(15)16)8(14)5-6/h1-2,5,13-14H,3-4H2. The van der Waals surface area contributed by atoms with E-state index in [1.54, 1.807) is 0 Å². The Bertz CT molecular complexity index is 408. The molecule has 1 rings (SSSR count). The predicted molar refractivity (Wildman–Crippen MR) is 50.4 cm³/mol. The Morgan fingerprint density at radius 2 is 2.06 bits per heavy atom. The van der Waals surface area contributed by atoms with Crippen molar-refractivity contribution < 1.29 is 23.9 Å². The topological polar surface area (TPSA) is 83.6 Å². The van der Waals surface area contributed by atoms with Gasteiger partial charge in [0.1, 0.15) is 0 Å². The van der Waals surface area contributed by atoms with Crippen LogP contribution >= 0.6 is 0 Å². The first kappa shape index (κ1) is 12.3. The van der Waals surface area contributed by atoms with E-state index in [0.29, 0.717) is 6.07 Å². The minimum Gasteiger partial charge on any atom is -0.502 e. The van der Waals surface area contributed by atoms with Gasteiger partial charge in [-0.25, -0.2) is 8.78 Å². The summed E-state index contributed by atoms with van der Waals surface area (Å²) in [5.74, 6) is -4.14. The molecule has 0 unspecified atom stereocenters. The molecule has 0 aliphatic heterocycles. The van der Waals surface area contributed by atoms with E-state index < -0.39 is 40.9 Å². The van der Waals surface area contributed by atoms with E-state index >= 15 is 0 Å². The maximum atomic E-state index is 13.2. The number of aromatic hydroxyl groups is 1. The fourth-order valence-corrected chi connectivity index (χ4v) is 1.19. The van der Waals surface area contributed by atoms with E-state index in [0.717, 1.165) is 12.1 Å². The highest BCUT2D eigenvalue weighted by Gasteiger charge is 2.32. The molecule has 0 radical (unpaired) electrons. The Morgan fingerprint density at radius 3 is 2.50 bits per heavy atom. The molecular weight excluding hydrogens is 224 g/mol. The summed E-state index contributed by atoms with van der Waals surface area (Å²) in [5.41, 5.74) is -1.20. The molecule has 88 valence electrons. The van der Waals surface area contributed by atoms with Crippen LogP contribution in [0.1, 0.15) is 12.0 Å². The third-order valence-electron chi connectivity index (χ3n) is 2.02. The second-order valence-electron chi connectivity index (χ2n) is 3.14. The quantitative estimate of drug-likeness (QED) is 0.613. The summed E-state index contributed by atoms with van der Waals surface area (Å²) in [7, 11) is 0. The molecular formula is C9H9F2NO4. The largest absolute Gasteiger partial charge is 0.502 e. The number of halogens is 2. The van der Waals surface area contributed by atoms with Gasteiger partial charge >= 0.3 is 5.69 Å². The first-order valence-corrected chi connectivity index (χ1v) is 4.35. The number of nitro groups is 1. The zero-order chi connectivity index (χ0) is 12.3. The molecule has 0 aliphatic carbocycles. The van der Waals surface area contributed by atoms with Crippen LogP contribution in [-0.2, 0) is 5.92 Å². The molecule has 1 aromatic carbocycles. The lowest BCUT2D eigenvalue weighted by Gasteiger charge is -2.15. The Balaban J connectivity index is 3.10. The van der Waals surface area contributed by atoms with Gasteiger partial charge in [0.05, 0.1) is 4.92 Å². The Morgan fingerprint density at radius 1 is 1.44 bits per heavy atom. The van der Waals surface area contributed by atoms with Gasteiger partial charge in [-0.1, -0.05) is 0 Å². The number of nitrogens with zero attached hydrogens (tertiary/aromatic N) is 1. The molecule has 0 amide bonds. The van der Waals surface area contributed by atoms with Gasteiger partial charge in [0.15, 0.2) is 5.75 Å². The minimum atomic E-state index is -3.32. The lowest BCUT2D eigenvalue weighted by atomic mass is 10.0. The molecule has 0 atom stereocenters. The van der Waals surface area contributed by atoms with E-state index in [-0.39, 0.29) is 0 Å². The van der Waals surface area contributed by atoms with Crippen LogP contribution in [0.25, 0.3) is 0 Å². The molecule has 2 N–H and O–H groups in total.